The van der Waals surface area contributed by atoms with Gasteiger partial charge in [-0.05, 0) is 19.3 Å². The molecule has 0 saturated carbocycles. The number of ketones is 1. The number of Topliss-reactive ketones (excluding diaryl/α,β-unsaturated/α-hetero) is 1. The Morgan fingerprint density at radius 2 is 2.50 bits per heavy atom. The van der Waals surface area contributed by atoms with Crippen LogP contribution in [0, 0.1) is 18.3 Å². The molecule has 0 aliphatic carbocycles. The molecular formula is C8H10O2. The van der Waals surface area contributed by atoms with Gasteiger partial charge in [-0.2, -0.15) is 0 Å². The van der Waals surface area contributed by atoms with E-state index in [0.717, 1.165) is 6.42 Å². The Balaban J connectivity index is 2.47. The van der Waals surface area contributed by atoms with Crippen LogP contribution >= 0.6 is 0 Å². The van der Waals surface area contributed by atoms with Crippen molar-refractivity contribution < 1.29 is 9.53 Å². The summed E-state index contributed by atoms with van der Waals surface area (Å²) in [4.78, 5) is 10.8. The molecule has 0 spiro atoms. The van der Waals surface area contributed by atoms with Crippen LogP contribution in [0.2, 0.25) is 0 Å². The van der Waals surface area contributed by atoms with Gasteiger partial charge in [0.25, 0.3) is 0 Å². The topological polar surface area (TPSA) is 26.3 Å². The molecule has 10 heavy (non-hydrogen) atoms. The van der Waals surface area contributed by atoms with Gasteiger partial charge in [0, 0.05) is 0 Å². The summed E-state index contributed by atoms with van der Waals surface area (Å²) >= 11 is 0. The minimum absolute atomic E-state index is 0.0417. The first-order valence-electron chi connectivity index (χ1n) is 3.36. The lowest BCUT2D eigenvalue weighted by molar-refractivity contribution is -0.117. The van der Waals surface area contributed by atoms with Crippen LogP contribution in [0.25, 0.3) is 0 Å². The lowest BCUT2D eigenvalue weighted by Gasteiger charge is -1.97. The van der Waals surface area contributed by atoms with E-state index in [4.69, 9.17) is 11.2 Å². The fraction of sp³-hybridized carbons (Fsp3) is 0.625. The molecule has 2 unspecified atom stereocenters. The first kappa shape index (κ1) is 7.30. The van der Waals surface area contributed by atoms with Crippen molar-refractivity contribution in [2.45, 2.75) is 19.4 Å². The molecular weight excluding hydrogens is 128 g/mol. The molecule has 54 valence electrons. The van der Waals surface area contributed by atoms with Crippen LogP contribution in [0.4, 0.5) is 0 Å². The molecule has 0 amide bonds. The second-order valence-corrected chi connectivity index (χ2v) is 2.59. The third-order valence-corrected chi connectivity index (χ3v) is 1.71. The van der Waals surface area contributed by atoms with Crippen LogP contribution in [-0.4, -0.2) is 18.5 Å². The molecule has 0 N–H and O–H groups in total. The quantitative estimate of drug-likeness (QED) is 0.392. The van der Waals surface area contributed by atoms with E-state index >= 15 is 0 Å². The first-order valence-corrected chi connectivity index (χ1v) is 3.36. The Kier molecular flexibility index (Phi) is 2.08. The number of hydrogen-bond donors (Lipinski definition) is 0. The zero-order valence-electron chi connectivity index (χ0n) is 5.96. The Labute approximate surface area is 60.6 Å². The van der Waals surface area contributed by atoms with Crippen molar-refractivity contribution >= 4 is 5.78 Å². The molecule has 2 atom stereocenters. The van der Waals surface area contributed by atoms with Gasteiger partial charge in [-0.15, -0.1) is 6.42 Å². The molecule has 1 fully saturated rings. The van der Waals surface area contributed by atoms with Crippen LogP contribution < -0.4 is 0 Å². The van der Waals surface area contributed by atoms with Gasteiger partial charge in [-0.1, -0.05) is 0 Å². The van der Waals surface area contributed by atoms with E-state index in [1.165, 1.54) is 0 Å². The average Bonchev–Trinajstić information content (AvgIpc) is 2.34. The number of terminal acetylenes is 1. The van der Waals surface area contributed by atoms with Crippen LogP contribution in [0.3, 0.4) is 0 Å². The second kappa shape index (κ2) is 2.85. The average molecular weight is 138 g/mol. The maximum atomic E-state index is 10.8. The summed E-state index contributed by atoms with van der Waals surface area (Å²) in [6.07, 6.45) is 5.92. The Bertz CT molecular complexity index is 178. The van der Waals surface area contributed by atoms with Gasteiger partial charge in [0.1, 0.15) is 0 Å². The summed E-state index contributed by atoms with van der Waals surface area (Å²) in [5, 5.41) is 0. The maximum absolute atomic E-state index is 10.8. The molecule has 0 aromatic carbocycles. The molecule has 2 nitrogen and oxygen atoms in total. The summed E-state index contributed by atoms with van der Waals surface area (Å²) in [7, 11) is 0. The van der Waals surface area contributed by atoms with Gasteiger partial charge in [0.15, 0.2) is 0 Å². The van der Waals surface area contributed by atoms with Crippen molar-refractivity contribution in [3.63, 3.8) is 0 Å². The van der Waals surface area contributed by atoms with E-state index < -0.39 is 0 Å². The zero-order valence-corrected chi connectivity index (χ0v) is 5.96. The summed E-state index contributed by atoms with van der Waals surface area (Å²) < 4.78 is 5.17. The summed E-state index contributed by atoms with van der Waals surface area (Å²) in [5.41, 5.74) is 0. The summed E-state index contributed by atoms with van der Waals surface area (Å²) in [6.45, 7) is 2.45. The lowest BCUT2D eigenvalue weighted by atomic mass is 10.0. The van der Waals surface area contributed by atoms with Crippen LogP contribution in [-0.2, 0) is 9.53 Å². The highest BCUT2D eigenvalue weighted by Crippen LogP contribution is 2.19. The SMILES string of the molecule is C#CC(=O)C1COC(C)C1. The van der Waals surface area contributed by atoms with Crippen molar-refractivity contribution in [1.82, 2.24) is 0 Å². The smallest absolute Gasteiger partial charge is 0.210 e. The lowest BCUT2D eigenvalue weighted by Crippen LogP contribution is -2.11. The molecule has 0 bridgehead atoms. The van der Waals surface area contributed by atoms with Crippen LogP contribution in [0.5, 0.6) is 0 Å². The minimum atomic E-state index is -0.121. The van der Waals surface area contributed by atoms with Gasteiger partial charge < -0.3 is 4.74 Å². The van der Waals surface area contributed by atoms with Crippen molar-refractivity contribution in [3.8, 4) is 12.3 Å². The Morgan fingerprint density at radius 3 is 2.90 bits per heavy atom. The van der Waals surface area contributed by atoms with E-state index in [1.807, 2.05) is 6.92 Å². The third-order valence-electron chi connectivity index (χ3n) is 1.71. The third kappa shape index (κ3) is 1.37. The van der Waals surface area contributed by atoms with Crippen molar-refractivity contribution in [3.05, 3.63) is 0 Å². The molecule has 1 aliphatic heterocycles. The number of hydrogen-bond acceptors (Lipinski definition) is 2. The molecule has 1 saturated heterocycles. The van der Waals surface area contributed by atoms with Crippen molar-refractivity contribution in [1.29, 1.82) is 0 Å². The van der Waals surface area contributed by atoms with Crippen LogP contribution in [0.1, 0.15) is 13.3 Å². The molecule has 2 heteroatoms. The van der Waals surface area contributed by atoms with Gasteiger partial charge in [-0.25, -0.2) is 0 Å². The second-order valence-electron chi connectivity index (χ2n) is 2.59. The predicted octanol–water partition coefficient (Wildman–Crippen LogP) is 0.614. The fourth-order valence-corrected chi connectivity index (χ4v) is 1.12. The normalized spacial score (nSPS) is 31.6. The standard InChI is InChI=1S/C8H10O2/c1-3-8(9)7-4-6(2)10-5-7/h1,6-7H,4-5H2,2H3. The molecule has 1 aliphatic rings. The van der Waals surface area contributed by atoms with Gasteiger partial charge in [0.2, 0.25) is 5.78 Å². The molecule has 1 rings (SSSR count). The predicted molar refractivity (Wildman–Crippen MR) is 37.4 cm³/mol. The summed E-state index contributed by atoms with van der Waals surface area (Å²) in [5.74, 6) is 1.95. The number of carbonyl (C=O) groups is 1. The highest BCUT2D eigenvalue weighted by atomic mass is 16.5. The van der Waals surface area contributed by atoms with E-state index in [2.05, 4.69) is 5.92 Å². The largest absolute Gasteiger partial charge is 0.378 e. The van der Waals surface area contributed by atoms with Crippen molar-refractivity contribution in [2.75, 3.05) is 6.61 Å². The minimum Gasteiger partial charge on any atom is -0.378 e. The zero-order chi connectivity index (χ0) is 7.56. The highest BCUT2D eigenvalue weighted by molar-refractivity contribution is 5.96. The van der Waals surface area contributed by atoms with Gasteiger partial charge in [-0.3, -0.25) is 4.79 Å². The van der Waals surface area contributed by atoms with E-state index in [9.17, 15) is 4.79 Å². The maximum Gasteiger partial charge on any atom is 0.210 e. The summed E-state index contributed by atoms with van der Waals surface area (Å²) in [6, 6.07) is 0. The number of ether oxygens (including phenoxy) is 1. The Hall–Kier alpha value is -0.810. The molecule has 0 radical (unpaired) electrons. The van der Waals surface area contributed by atoms with E-state index in [-0.39, 0.29) is 17.8 Å². The fourth-order valence-electron chi connectivity index (χ4n) is 1.12. The van der Waals surface area contributed by atoms with Crippen LogP contribution in [0.15, 0.2) is 0 Å². The first-order chi connectivity index (χ1) is 4.74. The molecule has 0 aromatic rings. The Morgan fingerprint density at radius 1 is 1.80 bits per heavy atom. The van der Waals surface area contributed by atoms with Crippen molar-refractivity contribution in [2.24, 2.45) is 5.92 Å². The van der Waals surface area contributed by atoms with Gasteiger partial charge >= 0.3 is 0 Å². The number of rotatable bonds is 1. The van der Waals surface area contributed by atoms with E-state index in [1.54, 1.807) is 0 Å². The highest BCUT2D eigenvalue weighted by Gasteiger charge is 2.26. The van der Waals surface area contributed by atoms with Gasteiger partial charge in [0.05, 0.1) is 18.6 Å². The van der Waals surface area contributed by atoms with E-state index in [0.29, 0.717) is 6.61 Å². The number of carbonyl (C=O) groups excluding carboxylic acids is 1. The molecule has 0 aromatic heterocycles. The molecule has 1 heterocycles. The monoisotopic (exact) mass is 138 g/mol.